The Morgan fingerprint density at radius 1 is 1.24 bits per heavy atom. The largest absolute Gasteiger partial charge is 0.481 e. The van der Waals surface area contributed by atoms with Gasteiger partial charge in [0, 0.05) is 6.54 Å². The van der Waals surface area contributed by atoms with E-state index in [2.05, 4.69) is 0 Å². The second-order valence-corrected chi connectivity index (χ2v) is 8.05. The second-order valence-electron chi connectivity index (χ2n) is 3.73. The molecule has 0 saturated carbocycles. The molecule has 0 aromatic carbocycles. The molecule has 17 heavy (non-hydrogen) atoms. The van der Waals surface area contributed by atoms with Crippen molar-refractivity contribution >= 4 is 21.2 Å². The average Bonchev–Trinajstić information content (AvgIpc) is 2.09. The molecule has 0 aliphatic rings. The van der Waals surface area contributed by atoms with Crippen LogP contribution in [-0.2, 0) is 13.9 Å². The van der Waals surface area contributed by atoms with Crippen LogP contribution in [0.4, 0.5) is 0 Å². The Morgan fingerprint density at radius 3 is 1.82 bits per heavy atom. The zero-order chi connectivity index (χ0) is 14.1. The lowest BCUT2D eigenvalue weighted by Crippen LogP contribution is -2.44. The highest BCUT2D eigenvalue weighted by atomic mass is 31.2. The molecule has 0 radical (unpaired) electrons. The molecule has 0 saturated heterocycles. The van der Waals surface area contributed by atoms with Crippen molar-refractivity contribution in [2.45, 2.75) is 18.9 Å². The monoisotopic (exact) mass is 291 g/mol. The quantitative estimate of drug-likeness (QED) is 0.348. The van der Waals surface area contributed by atoms with Gasteiger partial charge in [0.2, 0.25) is 5.02 Å². The van der Waals surface area contributed by atoms with E-state index in [4.69, 9.17) is 24.7 Å². The molecule has 11 heteroatoms. The van der Waals surface area contributed by atoms with Crippen LogP contribution in [0.15, 0.2) is 0 Å². The van der Waals surface area contributed by atoms with Crippen LogP contribution in [-0.4, -0.2) is 42.2 Å². The molecule has 102 valence electrons. The number of hydrogen-bond donors (Lipinski definition) is 6. The van der Waals surface area contributed by atoms with Crippen LogP contribution >= 0.6 is 15.2 Å². The topological polar surface area (TPSA) is 164 Å². The maximum Gasteiger partial charge on any atom is 0.357 e. The Labute approximate surface area is 97.2 Å². The van der Waals surface area contributed by atoms with Crippen LogP contribution in [0.2, 0.25) is 0 Å². The van der Waals surface area contributed by atoms with Crippen LogP contribution in [0.5, 0.6) is 0 Å². The first-order chi connectivity index (χ1) is 7.33. The third-order valence-corrected chi connectivity index (χ3v) is 6.45. The summed E-state index contributed by atoms with van der Waals surface area (Å²) in [5.41, 5.74) is 0. The van der Waals surface area contributed by atoms with Gasteiger partial charge in [-0.25, -0.2) is 0 Å². The number of aliphatic carboxylic acids is 1. The van der Waals surface area contributed by atoms with Crippen molar-refractivity contribution in [3.05, 3.63) is 0 Å². The average molecular weight is 291 g/mol. The molecule has 0 amide bonds. The van der Waals surface area contributed by atoms with Gasteiger partial charge in [-0.05, 0) is 6.92 Å². The fourth-order valence-corrected chi connectivity index (χ4v) is 2.76. The molecule has 0 fully saturated rings. The maximum atomic E-state index is 11.1. The Kier molecular flexibility index (Phi) is 5.07. The normalized spacial score (nSPS) is 15.6. The van der Waals surface area contributed by atoms with Crippen LogP contribution in [0.25, 0.3) is 0 Å². The van der Waals surface area contributed by atoms with E-state index in [0.717, 1.165) is 0 Å². The van der Waals surface area contributed by atoms with Crippen molar-refractivity contribution in [2.24, 2.45) is 5.92 Å². The molecule has 0 aliphatic carbocycles. The highest BCUT2D eigenvalue weighted by Gasteiger charge is 2.56. The molecule has 0 bridgehead atoms. The number of rotatable bonds is 6. The molecule has 1 atom stereocenters. The van der Waals surface area contributed by atoms with Crippen molar-refractivity contribution in [3.8, 4) is 0 Å². The predicted molar refractivity (Wildman–Crippen MR) is 57.3 cm³/mol. The van der Waals surface area contributed by atoms with Gasteiger partial charge in [0.05, 0.1) is 5.92 Å². The van der Waals surface area contributed by atoms with Crippen molar-refractivity contribution in [2.75, 3.05) is 6.54 Å². The summed E-state index contributed by atoms with van der Waals surface area (Å²) in [6, 6.07) is 0. The molecule has 0 aromatic rings. The number of carboxylic acid groups (broad SMARTS) is 1. The molecule has 0 aliphatic heterocycles. The Hall–Kier alpha value is -0.270. The van der Waals surface area contributed by atoms with Crippen molar-refractivity contribution in [3.63, 3.8) is 0 Å². The van der Waals surface area contributed by atoms with Crippen LogP contribution in [0.1, 0.15) is 13.8 Å². The second kappa shape index (κ2) is 5.16. The Balaban J connectivity index is 5.08. The Morgan fingerprint density at radius 2 is 1.59 bits per heavy atom. The fourth-order valence-electron chi connectivity index (χ4n) is 0.809. The van der Waals surface area contributed by atoms with E-state index >= 15 is 0 Å². The lowest BCUT2D eigenvalue weighted by Gasteiger charge is -2.32. The predicted octanol–water partition coefficient (Wildman–Crippen LogP) is -0.674. The maximum absolute atomic E-state index is 11.1. The first-order valence-electron chi connectivity index (χ1n) is 4.42. The van der Waals surface area contributed by atoms with E-state index in [-0.39, 0.29) is 0 Å². The summed E-state index contributed by atoms with van der Waals surface area (Å²) in [6.07, 6.45) is 0. The molecule has 0 spiro atoms. The summed E-state index contributed by atoms with van der Waals surface area (Å²) in [4.78, 5) is 46.2. The van der Waals surface area contributed by atoms with E-state index in [0.29, 0.717) is 6.92 Å². The van der Waals surface area contributed by atoms with Gasteiger partial charge >= 0.3 is 21.2 Å². The van der Waals surface area contributed by atoms with Gasteiger partial charge in [0.15, 0.2) is 0 Å². The minimum atomic E-state index is -5.16. The Bertz CT molecular complexity index is 361. The summed E-state index contributed by atoms with van der Waals surface area (Å²) in [5.74, 6) is -2.30. The summed E-state index contributed by atoms with van der Waals surface area (Å²) in [7, 11) is -10.3. The van der Waals surface area contributed by atoms with E-state index in [1.807, 2.05) is 5.32 Å². The van der Waals surface area contributed by atoms with Crippen molar-refractivity contribution < 1.29 is 38.6 Å². The molecular formula is C6H15NO8P2. The zero-order valence-electron chi connectivity index (χ0n) is 9.14. The van der Waals surface area contributed by atoms with Crippen LogP contribution in [0, 0.1) is 5.92 Å². The molecule has 0 aromatic heterocycles. The van der Waals surface area contributed by atoms with E-state index in [1.165, 1.54) is 6.92 Å². The van der Waals surface area contributed by atoms with Gasteiger partial charge < -0.3 is 24.7 Å². The number of nitrogens with one attached hydrogen (secondary N) is 1. The summed E-state index contributed by atoms with van der Waals surface area (Å²) >= 11 is 0. The van der Waals surface area contributed by atoms with Gasteiger partial charge in [-0.2, -0.15) is 0 Å². The number of hydrogen-bond acceptors (Lipinski definition) is 4. The molecule has 0 heterocycles. The minimum Gasteiger partial charge on any atom is -0.481 e. The lowest BCUT2D eigenvalue weighted by atomic mass is 10.2. The SMILES string of the molecule is CC(CNC(C)(P(=O)(O)O)P(=O)(O)O)C(=O)O. The summed E-state index contributed by atoms with van der Waals surface area (Å²) in [6.45, 7) is 1.40. The third kappa shape index (κ3) is 3.86. The van der Waals surface area contributed by atoms with Crippen molar-refractivity contribution in [1.29, 1.82) is 0 Å². The summed E-state index contributed by atoms with van der Waals surface area (Å²) < 4.78 is 22.1. The summed E-state index contributed by atoms with van der Waals surface area (Å²) in [5, 5.41) is 7.72. The standard InChI is InChI=1S/C6H15NO8P2/c1-4(5(8)9)3-7-6(2,16(10,11)12)17(13,14)15/h4,7H,3H2,1-2H3,(H,8,9)(H2,10,11,12)(H2,13,14,15). The van der Waals surface area contributed by atoms with E-state index in [1.54, 1.807) is 0 Å². The number of carbonyl (C=O) groups is 1. The van der Waals surface area contributed by atoms with Crippen LogP contribution < -0.4 is 5.32 Å². The lowest BCUT2D eigenvalue weighted by molar-refractivity contribution is -0.141. The highest BCUT2D eigenvalue weighted by molar-refractivity contribution is 7.72. The minimum absolute atomic E-state index is 0.484. The molecule has 6 N–H and O–H groups in total. The fraction of sp³-hybridized carbons (Fsp3) is 0.833. The smallest absolute Gasteiger partial charge is 0.357 e. The highest BCUT2D eigenvalue weighted by Crippen LogP contribution is 2.67. The zero-order valence-corrected chi connectivity index (χ0v) is 10.9. The van der Waals surface area contributed by atoms with Gasteiger partial charge in [-0.1, -0.05) is 6.92 Å². The van der Waals surface area contributed by atoms with Crippen LogP contribution in [0.3, 0.4) is 0 Å². The molecule has 9 nitrogen and oxygen atoms in total. The van der Waals surface area contributed by atoms with Gasteiger partial charge in [-0.15, -0.1) is 0 Å². The van der Waals surface area contributed by atoms with Crippen molar-refractivity contribution in [1.82, 2.24) is 5.32 Å². The molecule has 1 unspecified atom stereocenters. The van der Waals surface area contributed by atoms with Gasteiger partial charge in [0.25, 0.3) is 0 Å². The van der Waals surface area contributed by atoms with Gasteiger partial charge in [-0.3, -0.25) is 19.2 Å². The number of carboxylic acids is 1. The van der Waals surface area contributed by atoms with Gasteiger partial charge in [0.1, 0.15) is 0 Å². The third-order valence-electron chi connectivity index (χ3n) is 2.30. The van der Waals surface area contributed by atoms with E-state index < -0.39 is 38.6 Å². The molecule has 0 rings (SSSR count). The molecular weight excluding hydrogens is 276 g/mol. The van der Waals surface area contributed by atoms with E-state index in [9.17, 15) is 13.9 Å². The first kappa shape index (κ1) is 16.7. The first-order valence-corrected chi connectivity index (χ1v) is 7.64.